The maximum absolute atomic E-state index is 11.6. The highest BCUT2D eigenvalue weighted by molar-refractivity contribution is 7.99. The molecule has 0 fully saturated rings. The predicted molar refractivity (Wildman–Crippen MR) is 76.4 cm³/mol. The molecule has 2 N–H and O–H groups in total. The molecule has 1 unspecified atom stereocenters. The first-order valence-electron chi connectivity index (χ1n) is 5.62. The van der Waals surface area contributed by atoms with Crippen LogP contribution in [0.5, 0.6) is 0 Å². The second-order valence-electron chi connectivity index (χ2n) is 3.89. The van der Waals surface area contributed by atoms with E-state index in [9.17, 15) is 9.59 Å². The Morgan fingerprint density at radius 3 is 3.00 bits per heavy atom. The summed E-state index contributed by atoms with van der Waals surface area (Å²) in [5.74, 6) is -0.332. The van der Waals surface area contributed by atoms with Gasteiger partial charge in [0.15, 0.2) is 0 Å². The van der Waals surface area contributed by atoms with Crippen molar-refractivity contribution in [3.05, 3.63) is 17.0 Å². The zero-order valence-electron chi connectivity index (χ0n) is 10.4. The lowest BCUT2D eigenvalue weighted by atomic mass is 10.2. The number of rotatable bonds is 7. The van der Waals surface area contributed by atoms with Gasteiger partial charge in [-0.3, -0.25) is 9.59 Å². The van der Waals surface area contributed by atoms with Crippen molar-refractivity contribution >= 4 is 40.0 Å². The highest BCUT2D eigenvalue weighted by Crippen LogP contribution is 2.22. The van der Waals surface area contributed by atoms with Crippen LogP contribution < -0.4 is 5.32 Å². The molecule has 0 saturated heterocycles. The lowest BCUT2D eigenvalue weighted by Gasteiger charge is -2.06. The van der Waals surface area contributed by atoms with Crippen LogP contribution >= 0.6 is 23.1 Å². The van der Waals surface area contributed by atoms with Gasteiger partial charge < -0.3 is 10.4 Å². The number of thioether (sulfide) groups is 1. The molecular weight excluding hydrogens is 284 g/mol. The third-order valence-corrected chi connectivity index (χ3v) is 4.36. The Bertz CT molecular complexity index is 493. The van der Waals surface area contributed by atoms with Crippen LogP contribution in [0.4, 0.5) is 5.00 Å². The number of nitrogens with zero attached hydrogens (tertiary/aromatic N) is 1. The average molecular weight is 298 g/mol. The number of hydrogen-bond donors (Lipinski definition) is 2. The van der Waals surface area contributed by atoms with Gasteiger partial charge in [-0.15, -0.1) is 11.3 Å². The van der Waals surface area contributed by atoms with Gasteiger partial charge in [-0.1, -0.05) is 6.92 Å². The number of amides is 1. The molecule has 1 amide bonds. The maximum Gasteiger partial charge on any atom is 0.307 e. The van der Waals surface area contributed by atoms with E-state index in [1.54, 1.807) is 18.4 Å². The van der Waals surface area contributed by atoms with Crippen LogP contribution in [-0.2, 0) is 9.59 Å². The van der Waals surface area contributed by atoms with E-state index in [1.165, 1.54) is 23.1 Å². The second kappa shape index (κ2) is 7.81. The molecule has 19 heavy (non-hydrogen) atoms. The fourth-order valence-corrected chi connectivity index (χ4v) is 2.93. The summed E-state index contributed by atoms with van der Waals surface area (Å²) in [4.78, 5) is 22.2. The highest BCUT2D eigenvalue weighted by Gasteiger charge is 2.11. The Hall–Kier alpha value is -1.52. The molecule has 0 spiro atoms. The predicted octanol–water partition coefficient (Wildman–Crippen LogP) is 2.40. The third-order valence-electron chi connectivity index (χ3n) is 2.30. The number of carbonyl (C=O) groups excluding carboxylic acids is 1. The third kappa shape index (κ3) is 5.32. The maximum atomic E-state index is 11.6. The molecule has 0 aromatic carbocycles. The van der Waals surface area contributed by atoms with Crippen LogP contribution in [0.2, 0.25) is 0 Å². The van der Waals surface area contributed by atoms with Crippen molar-refractivity contribution < 1.29 is 14.7 Å². The molecule has 1 rings (SSSR count). The highest BCUT2D eigenvalue weighted by atomic mass is 32.2. The van der Waals surface area contributed by atoms with E-state index in [-0.39, 0.29) is 5.91 Å². The molecular formula is C12H14N2O3S2. The van der Waals surface area contributed by atoms with Gasteiger partial charge in [-0.05, 0) is 11.4 Å². The smallest absolute Gasteiger partial charge is 0.307 e. The van der Waals surface area contributed by atoms with E-state index in [0.717, 1.165) is 0 Å². The first-order chi connectivity index (χ1) is 9.04. The topological polar surface area (TPSA) is 90.2 Å². The van der Waals surface area contributed by atoms with E-state index < -0.39 is 11.9 Å². The Kier molecular flexibility index (Phi) is 6.39. The van der Waals surface area contributed by atoms with Crippen molar-refractivity contribution in [2.75, 3.05) is 16.8 Å². The van der Waals surface area contributed by atoms with Gasteiger partial charge in [0.25, 0.3) is 0 Å². The molecule has 0 saturated carbocycles. The number of carboxylic acid groups (broad SMARTS) is 1. The normalized spacial score (nSPS) is 11.6. The van der Waals surface area contributed by atoms with Crippen molar-refractivity contribution in [3.63, 3.8) is 0 Å². The summed E-state index contributed by atoms with van der Waals surface area (Å²) in [6, 6.07) is 3.66. The summed E-state index contributed by atoms with van der Waals surface area (Å²) in [6.07, 6.45) is 0.305. The van der Waals surface area contributed by atoms with Gasteiger partial charge in [-0.25, -0.2) is 0 Å². The van der Waals surface area contributed by atoms with Crippen LogP contribution in [-0.4, -0.2) is 28.5 Å². The number of hydrogen-bond acceptors (Lipinski definition) is 5. The Labute approximate surface area is 119 Å². The molecule has 1 atom stereocenters. The number of anilines is 1. The Balaban J connectivity index is 2.26. The standard InChI is InChI=1S/C12H14N2O3S2/c1-8(12(16)17)7-18-4-3-10(15)14-11-9(6-13)2-5-19-11/h2,5,8H,3-4,7H2,1H3,(H,14,15)(H,16,17). The minimum atomic E-state index is -0.825. The number of carboxylic acids is 1. The molecule has 0 aliphatic heterocycles. The minimum Gasteiger partial charge on any atom is -0.481 e. The minimum absolute atomic E-state index is 0.158. The molecule has 1 aromatic heterocycles. The number of aliphatic carboxylic acids is 1. The summed E-state index contributed by atoms with van der Waals surface area (Å²) in [7, 11) is 0. The summed E-state index contributed by atoms with van der Waals surface area (Å²) in [5.41, 5.74) is 0.463. The van der Waals surface area contributed by atoms with Crippen molar-refractivity contribution in [3.8, 4) is 6.07 Å². The molecule has 5 nitrogen and oxygen atoms in total. The quantitative estimate of drug-likeness (QED) is 0.754. The summed E-state index contributed by atoms with van der Waals surface area (Å²) >= 11 is 2.75. The Morgan fingerprint density at radius 2 is 2.37 bits per heavy atom. The number of carbonyl (C=O) groups is 2. The van der Waals surface area contributed by atoms with Crippen LogP contribution in [0.15, 0.2) is 11.4 Å². The molecule has 0 bridgehead atoms. The first kappa shape index (κ1) is 15.5. The molecule has 0 aliphatic carbocycles. The van der Waals surface area contributed by atoms with Crippen LogP contribution in [0.1, 0.15) is 18.9 Å². The van der Waals surface area contributed by atoms with Crippen molar-refractivity contribution in [2.24, 2.45) is 5.92 Å². The lowest BCUT2D eigenvalue weighted by Crippen LogP contribution is -2.14. The van der Waals surface area contributed by atoms with Crippen LogP contribution in [0.3, 0.4) is 0 Å². The van der Waals surface area contributed by atoms with Crippen molar-refractivity contribution in [2.45, 2.75) is 13.3 Å². The SMILES string of the molecule is CC(CSCCC(=O)Nc1sccc1C#N)C(=O)O. The van der Waals surface area contributed by atoms with E-state index in [1.807, 2.05) is 6.07 Å². The number of nitrogens with one attached hydrogen (secondary N) is 1. The molecule has 102 valence electrons. The van der Waals surface area contributed by atoms with Gasteiger partial charge in [0.1, 0.15) is 11.1 Å². The zero-order chi connectivity index (χ0) is 14.3. The van der Waals surface area contributed by atoms with Crippen LogP contribution in [0.25, 0.3) is 0 Å². The van der Waals surface area contributed by atoms with E-state index in [4.69, 9.17) is 10.4 Å². The lowest BCUT2D eigenvalue weighted by molar-refractivity contribution is -0.140. The van der Waals surface area contributed by atoms with Crippen molar-refractivity contribution in [1.82, 2.24) is 0 Å². The summed E-state index contributed by atoms with van der Waals surface area (Å²) in [5, 5.41) is 22.5. The van der Waals surface area contributed by atoms with E-state index >= 15 is 0 Å². The van der Waals surface area contributed by atoms with Gasteiger partial charge >= 0.3 is 5.97 Å². The van der Waals surface area contributed by atoms with Gasteiger partial charge in [0, 0.05) is 17.9 Å². The van der Waals surface area contributed by atoms with Gasteiger partial charge in [-0.2, -0.15) is 17.0 Å². The molecule has 1 aromatic rings. The zero-order valence-corrected chi connectivity index (χ0v) is 12.0. The van der Waals surface area contributed by atoms with Crippen molar-refractivity contribution in [1.29, 1.82) is 5.26 Å². The number of nitriles is 1. The Morgan fingerprint density at radius 1 is 1.63 bits per heavy atom. The largest absolute Gasteiger partial charge is 0.481 e. The molecule has 7 heteroatoms. The van der Waals surface area contributed by atoms with E-state index in [0.29, 0.717) is 28.5 Å². The first-order valence-corrected chi connectivity index (χ1v) is 7.66. The van der Waals surface area contributed by atoms with E-state index in [2.05, 4.69) is 5.32 Å². The number of thiophene rings is 1. The van der Waals surface area contributed by atoms with Gasteiger partial charge in [0.2, 0.25) is 5.91 Å². The molecule has 0 aliphatic rings. The fraction of sp³-hybridized carbons (Fsp3) is 0.417. The average Bonchev–Trinajstić information content (AvgIpc) is 2.81. The molecule has 0 radical (unpaired) electrons. The van der Waals surface area contributed by atoms with Crippen LogP contribution in [0, 0.1) is 17.2 Å². The summed E-state index contributed by atoms with van der Waals surface area (Å²) < 4.78 is 0. The second-order valence-corrected chi connectivity index (χ2v) is 5.95. The van der Waals surface area contributed by atoms with Gasteiger partial charge in [0.05, 0.1) is 11.5 Å². The monoisotopic (exact) mass is 298 g/mol. The summed E-state index contributed by atoms with van der Waals surface area (Å²) in [6.45, 7) is 1.64. The molecule has 1 heterocycles. The fourth-order valence-electron chi connectivity index (χ4n) is 1.18.